The normalized spacial score (nSPS) is 20.7. The number of hydrogen-bond acceptors (Lipinski definition) is 4. The van der Waals surface area contributed by atoms with E-state index in [0.29, 0.717) is 17.0 Å². The van der Waals surface area contributed by atoms with Gasteiger partial charge in [0, 0.05) is 6.54 Å². The van der Waals surface area contributed by atoms with E-state index in [1.807, 2.05) is 0 Å². The maximum Gasteiger partial charge on any atom is 0.335 e. The molecule has 2 heterocycles. The summed E-state index contributed by atoms with van der Waals surface area (Å²) in [6, 6.07) is 4.25. The van der Waals surface area contributed by atoms with Crippen LogP contribution in [0.4, 0.5) is 0 Å². The third-order valence-electron chi connectivity index (χ3n) is 3.79. The molecule has 20 heavy (non-hydrogen) atoms. The fourth-order valence-electron chi connectivity index (χ4n) is 2.70. The van der Waals surface area contributed by atoms with E-state index in [0.717, 1.165) is 25.9 Å². The molecule has 0 saturated carbocycles. The lowest BCUT2D eigenvalue weighted by molar-refractivity contribution is 0.0696. The Kier molecular flexibility index (Phi) is 3.14. The molecule has 1 aromatic carbocycles. The number of sulfone groups is 1. The van der Waals surface area contributed by atoms with Gasteiger partial charge in [0.15, 0.2) is 0 Å². The molecule has 0 amide bonds. The largest absolute Gasteiger partial charge is 0.478 e. The van der Waals surface area contributed by atoms with Crippen LogP contribution in [0.25, 0.3) is 6.08 Å². The summed E-state index contributed by atoms with van der Waals surface area (Å²) < 4.78 is 24.9. The fraction of sp³-hybridized carbons (Fsp3) is 0.357. The van der Waals surface area contributed by atoms with Gasteiger partial charge in [0.2, 0.25) is 9.84 Å². The van der Waals surface area contributed by atoms with E-state index in [4.69, 9.17) is 5.11 Å². The van der Waals surface area contributed by atoms with Crippen LogP contribution in [0, 0.1) is 0 Å². The van der Waals surface area contributed by atoms with Crippen molar-refractivity contribution in [2.75, 3.05) is 19.6 Å². The van der Waals surface area contributed by atoms with Crippen LogP contribution in [0.5, 0.6) is 0 Å². The molecule has 0 atom stereocenters. The predicted molar refractivity (Wildman–Crippen MR) is 74.2 cm³/mol. The van der Waals surface area contributed by atoms with Crippen molar-refractivity contribution in [2.45, 2.75) is 17.7 Å². The second kappa shape index (κ2) is 4.71. The summed E-state index contributed by atoms with van der Waals surface area (Å²) in [5.41, 5.74) is 0.590. The lowest BCUT2D eigenvalue weighted by Crippen LogP contribution is -2.24. The van der Waals surface area contributed by atoms with Crippen molar-refractivity contribution in [2.24, 2.45) is 0 Å². The topological polar surface area (TPSA) is 74.7 Å². The lowest BCUT2D eigenvalue weighted by Gasteiger charge is -2.14. The molecule has 3 rings (SSSR count). The van der Waals surface area contributed by atoms with E-state index >= 15 is 0 Å². The second-order valence-electron chi connectivity index (χ2n) is 5.16. The Hall–Kier alpha value is -1.66. The highest BCUT2D eigenvalue weighted by atomic mass is 32.2. The number of carboxylic acids is 1. The number of fused-ring (bicyclic) bond motifs is 1. The van der Waals surface area contributed by atoms with Gasteiger partial charge in [-0.25, -0.2) is 13.2 Å². The Labute approximate surface area is 117 Å². The molecule has 0 aliphatic carbocycles. The molecule has 0 unspecified atom stereocenters. The summed E-state index contributed by atoms with van der Waals surface area (Å²) in [7, 11) is -3.53. The van der Waals surface area contributed by atoms with Gasteiger partial charge in [-0.3, -0.25) is 4.90 Å². The van der Waals surface area contributed by atoms with Crippen molar-refractivity contribution in [3.8, 4) is 0 Å². The summed E-state index contributed by atoms with van der Waals surface area (Å²) in [5.74, 6) is -1.11. The standard InChI is InChI=1S/C14H15NO4S/c16-14(17)11-4-3-10-7-12(9-15-5-1-2-6-15)20(18,19)13(10)8-11/h3-4,7-8H,1-2,5-6,9H2,(H,16,17). The van der Waals surface area contributed by atoms with Crippen LogP contribution in [-0.4, -0.2) is 44.0 Å². The highest BCUT2D eigenvalue weighted by Gasteiger charge is 2.31. The number of carbonyl (C=O) groups is 1. The molecular weight excluding hydrogens is 278 g/mol. The van der Waals surface area contributed by atoms with Gasteiger partial charge in [0.05, 0.1) is 15.4 Å². The van der Waals surface area contributed by atoms with Crippen LogP contribution < -0.4 is 0 Å². The number of nitrogens with zero attached hydrogens (tertiary/aromatic N) is 1. The van der Waals surface area contributed by atoms with E-state index < -0.39 is 15.8 Å². The van der Waals surface area contributed by atoms with E-state index in [1.165, 1.54) is 12.1 Å². The first kappa shape index (κ1) is 13.3. The van der Waals surface area contributed by atoms with Crippen LogP contribution in [0.3, 0.4) is 0 Å². The third kappa shape index (κ3) is 2.14. The van der Waals surface area contributed by atoms with Gasteiger partial charge in [-0.1, -0.05) is 6.07 Å². The van der Waals surface area contributed by atoms with E-state index in [2.05, 4.69) is 4.90 Å². The number of aromatic carboxylic acids is 1. The Morgan fingerprint density at radius 3 is 2.60 bits per heavy atom. The van der Waals surface area contributed by atoms with Gasteiger partial charge in [-0.2, -0.15) is 0 Å². The summed E-state index contributed by atoms with van der Waals surface area (Å²) in [6.07, 6.45) is 3.86. The molecule has 0 aromatic heterocycles. The molecule has 1 saturated heterocycles. The first-order valence-electron chi connectivity index (χ1n) is 6.54. The van der Waals surface area contributed by atoms with Crippen molar-refractivity contribution in [1.29, 1.82) is 0 Å². The third-order valence-corrected chi connectivity index (χ3v) is 5.66. The Morgan fingerprint density at radius 2 is 1.95 bits per heavy atom. The SMILES string of the molecule is O=C(O)c1ccc2c(c1)S(=O)(=O)C(CN1CCCC1)=C2. The van der Waals surface area contributed by atoms with Crippen molar-refractivity contribution < 1.29 is 18.3 Å². The zero-order valence-corrected chi connectivity index (χ0v) is 11.7. The van der Waals surface area contributed by atoms with Crippen LogP contribution in [-0.2, 0) is 9.84 Å². The molecule has 2 aliphatic heterocycles. The number of carboxylic acid groups (broad SMARTS) is 1. The molecule has 0 bridgehead atoms. The van der Waals surface area contributed by atoms with Gasteiger partial charge in [-0.15, -0.1) is 0 Å². The maximum atomic E-state index is 12.5. The van der Waals surface area contributed by atoms with Crippen LogP contribution in [0.1, 0.15) is 28.8 Å². The Bertz CT molecular complexity index is 700. The number of likely N-dealkylation sites (tertiary alicyclic amines) is 1. The summed E-state index contributed by atoms with van der Waals surface area (Å²) in [6.45, 7) is 2.26. The average Bonchev–Trinajstić information content (AvgIpc) is 2.98. The zero-order chi connectivity index (χ0) is 14.3. The summed E-state index contributed by atoms with van der Waals surface area (Å²) >= 11 is 0. The maximum absolute atomic E-state index is 12.5. The van der Waals surface area contributed by atoms with Crippen molar-refractivity contribution >= 4 is 21.9 Å². The fourth-order valence-corrected chi connectivity index (χ4v) is 4.34. The minimum absolute atomic E-state index is 0.00291. The van der Waals surface area contributed by atoms with E-state index in [1.54, 1.807) is 12.1 Å². The quantitative estimate of drug-likeness (QED) is 0.916. The summed E-state index contributed by atoms with van der Waals surface area (Å²) in [5, 5.41) is 8.96. The second-order valence-corrected chi connectivity index (χ2v) is 7.13. The first-order valence-corrected chi connectivity index (χ1v) is 8.02. The van der Waals surface area contributed by atoms with Crippen molar-refractivity contribution in [3.05, 3.63) is 34.2 Å². The zero-order valence-electron chi connectivity index (χ0n) is 10.9. The molecule has 0 radical (unpaired) electrons. The monoisotopic (exact) mass is 293 g/mol. The minimum Gasteiger partial charge on any atom is -0.478 e. The van der Waals surface area contributed by atoms with Crippen LogP contribution in [0.2, 0.25) is 0 Å². The van der Waals surface area contributed by atoms with Crippen LogP contribution >= 0.6 is 0 Å². The number of rotatable bonds is 3. The van der Waals surface area contributed by atoms with E-state index in [9.17, 15) is 13.2 Å². The number of hydrogen-bond donors (Lipinski definition) is 1. The molecule has 1 aromatic rings. The summed E-state index contributed by atoms with van der Waals surface area (Å²) in [4.78, 5) is 13.6. The van der Waals surface area contributed by atoms with Gasteiger partial charge in [-0.05, 0) is 49.7 Å². The molecule has 1 fully saturated rings. The average molecular weight is 293 g/mol. The molecule has 1 N–H and O–H groups in total. The molecule has 5 nitrogen and oxygen atoms in total. The molecule has 0 spiro atoms. The number of benzene rings is 1. The lowest BCUT2D eigenvalue weighted by atomic mass is 10.1. The van der Waals surface area contributed by atoms with E-state index in [-0.39, 0.29) is 10.5 Å². The van der Waals surface area contributed by atoms with Gasteiger partial charge in [0.1, 0.15) is 0 Å². The Morgan fingerprint density at radius 1 is 1.25 bits per heavy atom. The highest BCUT2D eigenvalue weighted by molar-refractivity contribution is 7.95. The predicted octanol–water partition coefficient (Wildman–Crippen LogP) is 1.61. The van der Waals surface area contributed by atoms with Gasteiger partial charge < -0.3 is 5.11 Å². The van der Waals surface area contributed by atoms with Crippen molar-refractivity contribution in [3.63, 3.8) is 0 Å². The molecular formula is C14H15NO4S. The molecule has 6 heteroatoms. The first-order chi connectivity index (χ1) is 9.48. The Balaban J connectivity index is 1.95. The van der Waals surface area contributed by atoms with Gasteiger partial charge in [0.25, 0.3) is 0 Å². The molecule has 106 valence electrons. The van der Waals surface area contributed by atoms with Gasteiger partial charge >= 0.3 is 5.97 Å². The van der Waals surface area contributed by atoms with Crippen molar-refractivity contribution in [1.82, 2.24) is 4.90 Å². The molecule has 2 aliphatic rings. The van der Waals surface area contributed by atoms with Crippen LogP contribution in [0.15, 0.2) is 28.0 Å². The smallest absolute Gasteiger partial charge is 0.335 e. The highest BCUT2D eigenvalue weighted by Crippen LogP contribution is 2.34. The minimum atomic E-state index is -3.53.